The number of amides is 1. The summed E-state index contributed by atoms with van der Waals surface area (Å²) in [6.07, 6.45) is 4.62. The third-order valence-electron chi connectivity index (χ3n) is 5.57. The first kappa shape index (κ1) is 21.9. The minimum absolute atomic E-state index is 0.146. The topological polar surface area (TPSA) is 86.5 Å². The largest absolute Gasteiger partial charge is 0.494 e. The van der Waals surface area contributed by atoms with Crippen molar-refractivity contribution in [2.24, 2.45) is 0 Å². The summed E-state index contributed by atoms with van der Waals surface area (Å²) in [4.78, 5) is 17.0. The van der Waals surface area contributed by atoms with E-state index in [2.05, 4.69) is 27.6 Å². The highest BCUT2D eigenvalue weighted by molar-refractivity contribution is 5.81. The van der Waals surface area contributed by atoms with Crippen molar-refractivity contribution in [3.8, 4) is 22.9 Å². The molecule has 1 aliphatic rings. The predicted octanol–water partition coefficient (Wildman–Crippen LogP) is 4.49. The van der Waals surface area contributed by atoms with E-state index in [9.17, 15) is 4.79 Å². The number of aryl methyl sites for hydroxylation is 2. The molecule has 168 valence electrons. The quantitative estimate of drug-likeness (QED) is 0.533. The Labute approximate surface area is 188 Å². The van der Waals surface area contributed by atoms with Crippen LogP contribution in [0.1, 0.15) is 50.1 Å². The number of benzene rings is 2. The minimum Gasteiger partial charge on any atom is -0.494 e. The number of hydrogen-bond acceptors (Lipinski definition) is 6. The molecule has 0 spiro atoms. The second kappa shape index (κ2) is 10.3. The fourth-order valence-electron chi connectivity index (χ4n) is 3.86. The van der Waals surface area contributed by atoms with E-state index in [0.717, 1.165) is 29.9 Å². The van der Waals surface area contributed by atoms with Gasteiger partial charge in [-0.25, -0.2) is 0 Å². The van der Waals surface area contributed by atoms with Crippen molar-refractivity contribution in [2.45, 2.75) is 58.6 Å². The maximum Gasteiger partial charge on any atom is 0.261 e. The summed E-state index contributed by atoms with van der Waals surface area (Å²) in [6, 6.07) is 13.6. The lowest BCUT2D eigenvalue weighted by Gasteiger charge is -2.20. The van der Waals surface area contributed by atoms with Crippen LogP contribution in [0.25, 0.3) is 11.4 Å². The van der Waals surface area contributed by atoms with Crippen LogP contribution in [0.2, 0.25) is 0 Å². The lowest BCUT2D eigenvalue weighted by atomic mass is 9.92. The van der Waals surface area contributed by atoms with Gasteiger partial charge in [0.15, 0.2) is 6.10 Å². The lowest BCUT2D eigenvalue weighted by Crippen LogP contribution is -2.37. The summed E-state index contributed by atoms with van der Waals surface area (Å²) < 4.78 is 16.7. The number of fused-ring (bicyclic) bond motifs is 1. The number of nitrogens with one attached hydrogen (secondary N) is 1. The fourth-order valence-corrected chi connectivity index (χ4v) is 3.86. The number of carbonyl (C=O) groups excluding carboxylic acids is 1. The van der Waals surface area contributed by atoms with Crippen LogP contribution in [0, 0.1) is 0 Å². The molecule has 7 nitrogen and oxygen atoms in total. The first-order valence-electron chi connectivity index (χ1n) is 11.3. The second-order valence-corrected chi connectivity index (χ2v) is 7.84. The summed E-state index contributed by atoms with van der Waals surface area (Å²) >= 11 is 0. The Hall–Kier alpha value is -3.35. The van der Waals surface area contributed by atoms with Crippen molar-refractivity contribution in [1.82, 2.24) is 15.5 Å². The van der Waals surface area contributed by atoms with Gasteiger partial charge in [0.2, 0.25) is 11.7 Å². The van der Waals surface area contributed by atoms with Gasteiger partial charge in [0.25, 0.3) is 5.91 Å². The standard InChI is InChI=1S/C25H29N3O4/c1-3-22(31-21-14-9-17-7-5-6-8-19(17)15-21)25(29)26-16-23-27-24(28-32-23)18-10-12-20(13-11-18)30-4-2/h9-15,22H,3-8,16H2,1-2H3,(H,26,29). The number of nitrogens with zero attached hydrogens (tertiary/aromatic N) is 2. The smallest absolute Gasteiger partial charge is 0.261 e. The molecular weight excluding hydrogens is 406 g/mol. The van der Waals surface area contributed by atoms with E-state index >= 15 is 0 Å². The summed E-state index contributed by atoms with van der Waals surface area (Å²) in [5, 5.41) is 6.85. The van der Waals surface area contributed by atoms with Gasteiger partial charge in [0, 0.05) is 5.56 Å². The molecule has 0 radical (unpaired) electrons. The zero-order valence-electron chi connectivity index (χ0n) is 18.6. The van der Waals surface area contributed by atoms with E-state index in [4.69, 9.17) is 14.0 Å². The summed E-state index contributed by atoms with van der Waals surface area (Å²) in [5.74, 6) is 2.13. The third kappa shape index (κ3) is 5.28. The molecule has 0 saturated carbocycles. The van der Waals surface area contributed by atoms with Gasteiger partial charge in [-0.15, -0.1) is 0 Å². The van der Waals surface area contributed by atoms with E-state index in [1.54, 1.807) is 0 Å². The molecule has 32 heavy (non-hydrogen) atoms. The van der Waals surface area contributed by atoms with E-state index in [-0.39, 0.29) is 12.5 Å². The molecule has 2 aromatic carbocycles. The molecule has 1 aromatic heterocycles. The maximum absolute atomic E-state index is 12.7. The van der Waals surface area contributed by atoms with Crippen molar-refractivity contribution in [2.75, 3.05) is 6.61 Å². The third-order valence-corrected chi connectivity index (χ3v) is 5.57. The van der Waals surface area contributed by atoms with Crippen LogP contribution >= 0.6 is 0 Å². The molecular formula is C25H29N3O4. The maximum atomic E-state index is 12.7. The average molecular weight is 436 g/mol. The van der Waals surface area contributed by atoms with E-state index in [1.165, 1.54) is 24.0 Å². The first-order valence-corrected chi connectivity index (χ1v) is 11.3. The monoisotopic (exact) mass is 435 g/mol. The summed E-state index contributed by atoms with van der Waals surface area (Å²) in [7, 11) is 0. The Morgan fingerprint density at radius 3 is 2.56 bits per heavy atom. The van der Waals surface area contributed by atoms with Gasteiger partial charge < -0.3 is 19.3 Å². The van der Waals surface area contributed by atoms with E-state index in [1.807, 2.05) is 44.2 Å². The Morgan fingerprint density at radius 2 is 1.81 bits per heavy atom. The Balaban J connectivity index is 1.33. The minimum atomic E-state index is -0.579. The second-order valence-electron chi connectivity index (χ2n) is 7.84. The van der Waals surface area contributed by atoms with Gasteiger partial charge in [0.1, 0.15) is 11.5 Å². The molecule has 1 N–H and O–H groups in total. The van der Waals surface area contributed by atoms with Gasteiger partial charge >= 0.3 is 0 Å². The highest BCUT2D eigenvalue weighted by Gasteiger charge is 2.20. The number of hydrogen-bond donors (Lipinski definition) is 1. The molecule has 1 aliphatic carbocycles. The van der Waals surface area contributed by atoms with Crippen LogP contribution in [-0.2, 0) is 24.2 Å². The highest BCUT2D eigenvalue weighted by Crippen LogP contribution is 2.26. The van der Waals surface area contributed by atoms with Gasteiger partial charge in [-0.2, -0.15) is 4.98 Å². The lowest BCUT2D eigenvalue weighted by molar-refractivity contribution is -0.128. The van der Waals surface area contributed by atoms with Crippen LogP contribution in [0.4, 0.5) is 0 Å². The van der Waals surface area contributed by atoms with Crippen molar-refractivity contribution in [1.29, 1.82) is 0 Å². The molecule has 0 fully saturated rings. The zero-order valence-corrected chi connectivity index (χ0v) is 18.6. The summed E-state index contributed by atoms with van der Waals surface area (Å²) in [5.41, 5.74) is 3.54. The number of rotatable bonds is 9. The molecule has 7 heteroatoms. The van der Waals surface area contributed by atoms with Crippen molar-refractivity contribution >= 4 is 5.91 Å². The Bertz CT molecular complexity index is 1050. The molecule has 4 rings (SSSR count). The summed E-state index contributed by atoms with van der Waals surface area (Å²) in [6.45, 7) is 4.63. The van der Waals surface area contributed by atoms with Crippen LogP contribution in [0.3, 0.4) is 0 Å². The van der Waals surface area contributed by atoms with Crippen molar-refractivity contribution < 1.29 is 18.8 Å². The van der Waals surface area contributed by atoms with Crippen molar-refractivity contribution in [3.63, 3.8) is 0 Å². The van der Waals surface area contributed by atoms with Crippen LogP contribution in [-0.4, -0.2) is 28.8 Å². The van der Waals surface area contributed by atoms with Gasteiger partial charge in [-0.05, 0) is 86.6 Å². The normalized spacial score (nSPS) is 13.8. The van der Waals surface area contributed by atoms with Gasteiger partial charge in [-0.3, -0.25) is 4.79 Å². The molecule has 1 atom stereocenters. The number of carbonyl (C=O) groups is 1. The van der Waals surface area contributed by atoms with Gasteiger partial charge in [0.05, 0.1) is 13.2 Å². The number of aromatic nitrogens is 2. The molecule has 0 bridgehead atoms. The first-order chi connectivity index (χ1) is 15.7. The SMILES string of the molecule is CCOc1ccc(-c2noc(CNC(=O)C(CC)Oc3ccc4c(c3)CCCC4)n2)cc1. The molecule has 0 aliphatic heterocycles. The predicted molar refractivity (Wildman–Crippen MR) is 121 cm³/mol. The average Bonchev–Trinajstić information content (AvgIpc) is 3.30. The van der Waals surface area contributed by atoms with E-state index < -0.39 is 6.10 Å². The molecule has 1 heterocycles. The van der Waals surface area contributed by atoms with E-state index in [0.29, 0.717) is 24.7 Å². The van der Waals surface area contributed by atoms with Gasteiger partial charge in [-0.1, -0.05) is 18.1 Å². The number of ether oxygens (including phenoxy) is 2. The zero-order chi connectivity index (χ0) is 22.3. The fraction of sp³-hybridized carbons (Fsp3) is 0.400. The van der Waals surface area contributed by atoms with Crippen LogP contribution < -0.4 is 14.8 Å². The molecule has 1 unspecified atom stereocenters. The van der Waals surface area contributed by atoms with Crippen LogP contribution in [0.15, 0.2) is 47.0 Å². The molecule has 3 aromatic rings. The Kier molecular flexibility index (Phi) is 7.04. The van der Waals surface area contributed by atoms with Crippen molar-refractivity contribution in [3.05, 3.63) is 59.5 Å². The van der Waals surface area contributed by atoms with Crippen LogP contribution in [0.5, 0.6) is 11.5 Å². The molecule has 1 amide bonds. The Morgan fingerprint density at radius 1 is 1.06 bits per heavy atom. The highest BCUT2D eigenvalue weighted by atomic mass is 16.5. The molecule has 0 saturated heterocycles.